The second-order valence-electron chi connectivity index (χ2n) is 17.4. The average molecular weight is 794 g/mol. The molecular formula is C48H91NO7. The van der Waals surface area contributed by atoms with Gasteiger partial charge < -0.3 is 28.6 Å². The monoisotopic (exact) mass is 794 g/mol. The number of carbonyl (C=O) groups excluding carboxylic acids is 3. The fourth-order valence-electron chi connectivity index (χ4n) is 7.18. The van der Waals surface area contributed by atoms with Crippen LogP contribution in [0, 0.1) is 0 Å². The van der Waals surface area contributed by atoms with Crippen LogP contribution in [0.2, 0.25) is 0 Å². The van der Waals surface area contributed by atoms with Gasteiger partial charge in [0.15, 0.2) is 6.10 Å². The minimum Gasteiger partial charge on any atom is -0.544 e. The number of nitrogens with zero attached hydrogens (tertiary/aromatic N) is 1. The number of unbranched alkanes of at least 4 members (excludes halogenated alkanes) is 27. The molecule has 0 fully saturated rings. The van der Waals surface area contributed by atoms with Crippen molar-refractivity contribution in [2.75, 3.05) is 41.0 Å². The maximum Gasteiger partial charge on any atom is 0.306 e. The molecule has 0 heterocycles. The number of rotatable bonds is 43. The zero-order valence-electron chi connectivity index (χ0n) is 37.6. The van der Waals surface area contributed by atoms with Gasteiger partial charge >= 0.3 is 11.9 Å². The molecule has 2 unspecified atom stereocenters. The van der Waals surface area contributed by atoms with Crippen molar-refractivity contribution >= 4 is 17.9 Å². The largest absolute Gasteiger partial charge is 0.544 e. The number of hydrogen-bond acceptors (Lipinski definition) is 7. The second kappa shape index (κ2) is 39.9. The van der Waals surface area contributed by atoms with Gasteiger partial charge in [0.2, 0.25) is 0 Å². The van der Waals surface area contributed by atoms with Crippen LogP contribution in [0.1, 0.15) is 226 Å². The first-order chi connectivity index (χ1) is 27.1. The van der Waals surface area contributed by atoms with E-state index < -0.39 is 18.1 Å². The molecule has 0 radical (unpaired) electrons. The number of quaternary nitrogens is 1. The summed E-state index contributed by atoms with van der Waals surface area (Å²) in [6.07, 6.45) is 42.4. The van der Waals surface area contributed by atoms with Gasteiger partial charge in [-0.2, -0.15) is 0 Å². The summed E-state index contributed by atoms with van der Waals surface area (Å²) in [6.45, 7) is 4.67. The predicted molar refractivity (Wildman–Crippen MR) is 231 cm³/mol. The van der Waals surface area contributed by atoms with Crippen molar-refractivity contribution in [1.82, 2.24) is 0 Å². The van der Waals surface area contributed by atoms with E-state index in [4.69, 9.17) is 14.2 Å². The van der Waals surface area contributed by atoms with Crippen LogP contribution in [-0.2, 0) is 28.6 Å². The summed E-state index contributed by atoms with van der Waals surface area (Å²) in [7, 11) is 5.41. The van der Waals surface area contributed by atoms with E-state index in [1.54, 1.807) is 21.1 Å². The first-order valence-corrected chi connectivity index (χ1v) is 23.7. The predicted octanol–water partition coefficient (Wildman–Crippen LogP) is 11.8. The molecule has 0 amide bonds. The van der Waals surface area contributed by atoms with Gasteiger partial charge in [0.25, 0.3) is 0 Å². The lowest BCUT2D eigenvalue weighted by molar-refractivity contribution is -0.889. The Morgan fingerprint density at radius 1 is 0.518 bits per heavy atom. The Balaban J connectivity index is 4.26. The number of hydrogen-bond donors (Lipinski definition) is 0. The molecule has 2 atom stereocenters. The topological polar surface area (TPSA) is 102 Å². The molecule has 0 aliphatic carbocycles. The molecule has 0 aliphatic heterocycles. The van der Waals surface area contributed by atoms with Crippen LogP contribution in [0.4, 0.5) is 0 Å². The fourth-order valence-corrected chi connectivity index (χ4v) is 7.18. The highest BCUT2D eigenvalue weighted by molar-refractivity contribution is 5.70. The van der Waals surface area contributed by atoms with E-state index in [9.17, 15) is 19.5 Å². The van der Waals surface area contributed by atoms with Crippen LogP contribution in [-0.4, -0.2) is 75.5 Å². The summed E-state index contributed by atoms with van der Waals surface area (Å²) in [5, 5.41) is 11.6. The van der Waals surface area contributed by atoms with Crippen LogP contribution in [0.25, 0.3) is 0 Å². The molecule has 56 heavy (non-hydrogen) atoms. The minimum atomic E-state index is -1.12. The normalized spacial score (nSPS) is 12.9. The van der Waals surface area contributed by atoms with E-state index in [0.29, 0.717) is 12.8 Å². The van der Waals surface area contributed by atoms with E-state index in [2.05, 4.69) is 26.0 Å². The maximum absolute atomic E-state index is 12.7. The molecule has 330 valence electrons. The maximum atomic E-state index is 12.7. The lowest BCUT2D eigenvalue weighted by atomic mass is 10.0. The third kappa shape index (κ3) is 37.6. The van der Waals surface area contributed by atoms with Gasteiger partial charge in [-0.25, -0.2) is 0 Å². The van der Waals surface area contributed by atoms with E-state index in [-0.39, 0.29) is 42.7 Å². The zero-order chi connectivity index (χ0) is 41.4. The van der Waals surface area contributed by atoms with E-state index in [1.165, 1.54) is 141 Å². The van der Waals surface area contributed by atoms with Crippen LogP contribution in [0.15, 0.2) is 12.2 Å². The smallest absolute Gasteiger partial charge is 0.306 e. The highest BCUT2D eigenvalue weighted by Gasteiger charge is 2.25. The van der Waals surface area contributed by atoms with Crippen molar-refractivity contribution in [1.29, 1.82) is 0 Å². The molecule has 0 rings (SSSR count). The summed E-state index contributed by atoms with van der Waals surface area (Å²) in [5.74, 6) is -1.74. The summed E-state index contributed by atoms with van der Waals surface area (Å²) in [6, 6.07) is -0.723. The molecule has 0 aromatic heterocycles. The Labute approximate surface area is 346 Å². The standard InChI is InChI=1S/C48H91NO7/c1-6-8-10-12-14-16-18-20-21-22-23-24-25-27-29-31-33-35-37-39-47(51)56-44(42-54-41-40-45(48(52)53)49(3,4)5)43-55-46(50)38-36-34-32-30-28-26-19-17-15-13-11-9-7-2/h26,28,44-45H,6-25,27,29-43H2,1-5H3/b28-26+. The SMILES string of the molecule is CCCCCCCC/C=C/CCCCCC(=O)OCC(COCCC(C(=O)[O-])[N+](C)(C)C)OC(=O)CCCCCCCCCCCCCCCCCCCCC. The molecular weight excluding hydrogens is 703 g/mol. The number of allylic oxidation sites excluding steroid dienone is 2. The van der Waals surface area contributed by atoms with Gasteiger partial charge in [0.05, 0.1) is 40.3 Å². The van der Waals surface area contributed by atoms with Gasteiger partial charge in [-0.05, 0) is 38.5 Å². The van der Waals surface area contributed by atoms with Crippen molar-refractivity contribution < 1.29 is 38.2 Å². The Kier molecular flexibility index (Phi) is 38.5. The highest BCUT2D eigenvalue weighted by Crippen LogP contribution is 2.16. The first-order valence-electron chi connectivity index (χ1n) is 23.7. The number of carbonyl (C=O) groups is 3. The summed E-state index contributed by atoms with van der Waals surface area (Å²) in [5.41, 5.74) is 0. The molecule has 8 heteroatoms. The molecule has 8 nitrogen and oxygen atoms in total. The third-order valence-corrected chi connectivity index (χ3v) is 10.9. The number of carboxylic acid groups (broad SMARTS) is 1. The van der Waals surface area contributed by atoms with Crippen molar-refractivity contribution in [2.24, 2.45) is 0 Å². The Morgan fingerprint density at radius 2 is 0.893 bits per heavy atom. The van der Waals surface area contributed by atoms with Gasteiger partial charge in [-0.3, -0.25) is 9.59 Å². The molecule has 0 saturated carbocycles. The number of ether oxygens (including phenoxy) is 3. The van der Waals surface area contributed by atoms with Crippen LogP contribution >= 0.6 is 0 Å². The second-order valence-corrected chi connectivity index (χ2v) is 17.4. The molecule has 0 aromatic rings. The van der Waals surface area contributed by atoms with E-state index >= 15 is 0 Å². The van der Waals surface area contributed by atoms with Crippen molar-refractivity contribution in [3.63, 3.8) is 0 Å². The molecule has 0 aliphatic rings. The van der Waals surface area contributed by atoms with Gasteiger partial charge in [-0.15, -0.1) is 0 Å². The Hall–Kier alpha value is -1.93. The Morgan fingerprint density at radius 3 is 1.30 bits per heavy atom. The average Bonchev–Trinajstić information content (AvgIpc) is 3.15. The van der Waals surface area contributed by atoms with E-state index in [1.807, 2.05) is 0 Å². The number of esters is 2. The van der Waals surface area contributed by atoms with Gasteiger partial charge in [0, 0.05) is 19.3 Å². The van der Waals surface area contributed by atoms with E-state index in [0.717, 1.165) is 51.4 Å². The first kappa shape index (κ1) is 54.1. The van der Waals surface area contributed by atoms with Crippen LogP contribution in [0.5, 0.6) is 0 Å². The van der Waals surface area contributed by atoms with Gasteiger partial charge in [0.1, 0.15) is 12.6 Å². The minimum absolute atomic E-state index is 0.0419. The van der Waals surface area contributed by atoms with Crippen LogP contribution in [0.3, 0.4) is 0 Å². The molecule has 0 bridgehead atoms. The lowest BCUT2D eigenvalue weighted by Gasteiger charge is -2.34. The molecule has 0 spiro atoms. The van der Waals surface area contributed by atoms with Crippen molar-refractivity contribution in [3.05, 3.63) is 12.2 Å². The highest BCUT2D eigenvalue weighted by atomic mass is 16.6. The molecule has 0 N–H and O–H groups in total. The zero-order valence-corrected chi connectivity index (χ0v) is 37.6. The number of likely N-dealkylation sites (N-methyl/N-ethyl adjacent to an activating group) is 1. The quantitative estimate of drug-likeness (QED) is 0.0262. The fraction of sp³-hybridized carbons (Fsp3) is 0.896. The number of carboxylic acids is 1. The lowest BCUT2D eigenvalue weighted by Crippen LogP contribution is -2.55. The van der Waals surface area contributed by atoms with Crippen molar-refractivity contribution in [3.8, 4) is 0 Å². The third-order valence-electron chi connectivity index (χ3n) is 10.9. The summed E-state index contributed by atoms with van der Waals surface area (Å²) in [4.78, 5) is 36.9. The van der Waals surface area contributed by atoms with Gasteiger partial charge in [-0.1, -0.05) is 180 Å². The van der Waals surface area contributed by atoms with Crippen LogP contribution < -0.4 is 5.11 Å². The summed E-state index contributed by atoms with van der Waals surface area (Å²) < 4.78 is 17.2. The Bertz CT molecular complexity index is 931. The summed E-state index contributed by atoms with van der Waals surface area (Å²) >= 11 is 0. The molecule has 0 aromatic carbocycles. The molecule has 0 saturated heterocycles. The van der Waals surface area contributed by atoms with Crippen molar-refractivity contribution in [2.45, 2.75) is 238 Å². The number of aliphatic carboxylic acids is 1.